The smallest absolute Gasteiger partial charge is 0.254 e. The van der Waals surface area contributed by atoms with E-state index in [0.29, 0.717) is 11.8 Å². The van der Waals surface area contributed by atoms with E-state index in [1.54, 1.807) is 11.3 Å². The van der Waals surface area contributed by atoms with Crippen LogP contribution in [0.25, 0.3) is 0 Å². The summed E-state index contributed by atoms with van der Waals surface area (Å²) in [6.07, 6.45) is 6.56. The zero-order chi connectivity index (χ0) is 15.3. The van der Waals surface area contributed by atoms with Crippen molar-refractivity contribution in [2.45, 2.75) is 51.4 Å². The molecule has 0 bridgehead atoms. The van der Waals surface area contributed by atoms with Gasteiger partial charge in [0.1, 0.15) is 5.00 Å². The summed E-state index contributed by atoms with van der Waals surface area (Å²) in [7, 11) is 0. The average molecular weight is 318 g/mol. The van der Waals surface area contributed by atoms with Crippen molar-refractivity contribution in [1.29, 1.82) is 0 Å². The van der Waals surface area contributed by atoms with E-state index in [9.17, 15) is 9.59 Å². The Morgan fingerprint density at radius 3 is 2.64 bits per heavy atom. The van der Waals surface area contributed by atoms with Crippen molar-refractivity contribution in [3.8, 4) is 0 Å². The molecule has 0 radical (unpaired) electrons. The van der Waals surface area contributed by atoms with E-state index < -0.39 is 0 Å². The first-order chi connectivity index (χ1) is 10.6. The van der Waals surface area contributed by atoms with Crippen LogP contribution in [-0.2, 0) is 11.2 Å². The molecule has 118 valence electrons. The minimum Gasteiger partial charge on any atom is -0.352 e. The molecule has 1 heterocycles. The van der Waals surface area contributed by atoms with E-state index in [2.05, 4.69) is 17.6 Å². The summed E-state index contributed by atoms with van der Waals surface area (Å²) in [5, 5.41) is 6.88. The van der Waals surface area contributed by atoms with Gasteiger partial charge in [0.25, 0.3) is 5.91 Å². The van der Waals surface area contributed by atoms with E-state index in [0.717, 1.165) is 42.8 Å². The topological polar surface area (TPSA) is 58.2 Å². The van der Waals surface area contributed by atoms with Gasteiger partial charge < -0.3 is 10.6 Å². The molecule has 1 atom stereocenters. The van der Waals surface area contributed by atoms with Crippen LogP contribution in [0.1, 0.15) is 65.7 Å². The second-order valence-electron chi connectivity index (χ2n) is 7.00. The van der Waals surface area contributed by atoms with Crippen molar-refractivity contribution in [2.75, 3.05) is 11.9 Å². The van der Waals surface area contributed by atoms with Gasteiger partial charge in [-0.2, -0.15) is 0 Å². The molecular weight excluding hydrogens is 296 g/mol. The molecule has 0 aliphatic heterocycles. The first-order valence-corrected chi connectivity index (χ1v) is 9.19. The fourth-order valence-electron chi connectivity index (χ4n) is 3.21. The van der Waals surface area contributed by atoms with Crippen LogP contribution in [-0.4, -0.2) is 18.4 Å². The van der Waals surface area contributed by atoms with Crippen molar-refractivity contribution in [1.82, 2.24) is 5.32 Å². The molecular formula is C17H22N2O2S. The van der Waals surface area contributed by atoms with Crippen molar-refractivity contribution in [3.05, 3.63) is 16.0 Å². The van der Waals surface area contributed by atoms with Crippen molar-refractivity contribution >= 4 is 28.2 Å². The number of fused-ring (bicyclic) bond motifs is 1. The Kier molecular flexibility index (Phi) is 3.48. The van der Waals surface area contributed by atoms with Crippen LogP contribution < -0.4 is 10.6 Å². The normalized spacial score (nSPS) is 23.2. The van der Waals surface area contributed by atoms with Gasteiger partial charge in [0.2, 0.25) is 5.91 Å². The van der Waals surface area contributed by atoms with Crippen molar-refractivity contribution in [3.63, 3.8) is 0 Å². The Balaban J connectivity index is 1.60. The molecule has 1 aromatic rings. The van der Waals surface area contributed by atoms with Crippen LogP contribution in [0.5, 0.6) is 0 Å². The molecule has 0 unspecified atom stereocenters. The molecule has 2 N–H and O–H groups in total. The number of nitrogens with one attached hydrogen (secondary N) is 2. The fraction of sp³-hybridized carbons (Fsp3) is 0.647. The maximum Gasteiger partial charge on any atom is 0.254 e. The molecule has 22 heavy (non-hydrogen) atoms. The quantitative estimate of drug-likeness (QED) is 0.875. The zero-order valence-corrected chi connectivity index (χ0v) is 13.7. The Morgan fingerprint density at radius 1 is 1.18 bits per heavy atom. The number of hydrogen-bond donors (Lipinski definition) is 2. The molecule has 2 fully saturated rings. The van der Waals surface area contributed by atoms with E-state index >= 15 is 0 Å². The van der Waals surface area contributed by atoms with Gasteiger partial charge in [-0.05, 0) is 55.9 Å². The summed E-state index contributed by atoms with van der Waals surface area (Å²) in [5.41, 5.74) is 1.93. The predicted octanol–water partition coefficient (Wildman–Crippen LogP) is 3.29. The van der Waals surface area contributed by atoms with Gasteiger partial charge >= 0.3 is 0 Å². The van der Waals surface area contributed by atoms with Gasteiger partial charge in [0.15, 0.2) is 0 Å². The third-order valence-electron chi connectivity index (χ3n) is 4.98. The molecule has 3 aliphatic rings. The van der Waals surface area contributed by atoms with Crippen LogP contribution in [0.4, 0.5) is 5.00 Å². The summed E-state index contributed by atoms with van der Waals surface area (Å²) in [4.78, 5) is 26.1. The number of anilines is 1. The largest absolute Gasteiger partial charge is 0.352 e. The number of hydrogen-bond acceptors (Lipinski definition) is 3. The molecule has 0 saturated heterocycles. The zero-order valence-electron chi connectivity index (χ0n) is 12.9. The van der Waals surface area contributed by atoms with Crippen LogP contribution in [0.3, 0.4) is 0 Å². The average Bonchev–Trinajstić information content (AvgIpc) is 3.39. The molecule has 1 aromatic heterocycles. The predicted molar refractivity (Wildman–Crippen MR) is 87.5 cm³/mol. The summed E-state index contributed by atoms with van der Waals surface area (Å²) in [6.45, 7) is 2.95. The minimum atomic E-state index is 0.00393. The number of aryl methyl sites for hydroxylation is 1. The number of rotatable bonds is 5. The summed E-state index contributed by atoms with van der Waals surface area (Å²) in [5.74, 6) is 1.34. The van der Waals surface area contributed by atoms with Gasteiger partial charge in [0.05, 0.1) is 5.56 Å². The van der Waals surface area contributed by atoms with Crippen molar-refractivity contribution in [2.24, 2.45) is 11.8 Å². The second-order valence-corrected chi connectivity index (χ2v) is 8.10. The lowest BCUT2D eigenvalue weighted by Crippen LogP contribution is -2.27. The standard InChI is InChI=1S/C17H22N2O2S/c1-9-2-7-12-13(9)14(16(21)18-8-10-3-4-10)17(22-12)19-15(20)11-5-6-11/h9-11H,2-8H2,1H3,(H,18,21)(H,19,20)/t9-/m0/s1. The van der Waals surface area contributed by atoms with Crippen LogP contribution >= 0.6 is 11.3 Å². The number of amides is 2. The Bertz CT molecular complexity index is 629. The fourth-order valence-corrected chi connectivity index (χ4v) is 4.55. The first-order valence-electron chi connectivity index (χ1n) is 8.38. The highest BCUT2D eigenvalue weighted by Gasteiger charge is 2.35. The summed E-state index contributed by atoms with van der Waals surface area (Å²) in [6, 6.07) is 0. The number of carbonyl (C=O) groups is 2. The van der Waals surface area contributed by atoms with Gasteiger partial charge in [-0.25, -0.2) is 0 Å². The number of thiophene rings is 1. The van der Waals surface area contributed by atoms with Gasteiger partial charge in [0, 0.05) is 17.3 Å². The maximum atomic E-state index is 12.7. The highest BCUT2D eigenvalue weighted by Crippen LogP contribution is 2.45. The van der Waals surface area contributed by atoms with E-state index in [1.165, 1.54) is 23.3 Å². The molecule has 2 amide bonds. The first kappa shape index (κ1) is 14.2. The SMILES string of the molecule is C[C@H]1CCc2sc(NC(=O)C3CC3)c(C(=O)NCC3CC3)c21. The second kappa shape index (κ2) is 5.37. The molecule has 5 heteroatoms. The minimum absolute atomic E-state index is 0.00393. The molecule has 4 rings (SSSR count). The molecule has 3 aliphatic carbocycles. The molecule has 0 spiro atoms. The lowest BCUT2D eigenvalue weighted by molar-refractivity contribution is -0.117. The molecule has 2 saturated carbocycles. The molecule has 4 nitrogen and oxygen atoms in total. The summed E-state index contributed by atoms with van der Waals surface area (Å²) < 4.78 is 0. The highest BCUT2D eigenvalue weighted by molar-refractivity contribution is 7.17. The van der Waals surface area contributed by atoms with E-state index in [1.807, 2.05) is 0 Å². The molecule has 0 aromatic carbocycles. The summed E-state index contributed by atoms with van der Waals surface area (Å²) >= 11 is 1.61. The van der Waals surface area contributed by atoms with Gasteiger partial charge in [-0.15, -0.1) is 11.3 Å². The lowest BCUT2D eigenvalue weighted by Gasteiger charge is -2.11. The van der Waals surface area contributed by atoms with Gasteiger partial charge in [-0.3, -0.25) is 9.59 Å². The Labute approximate surface area is 134 Å². The third-order valence-corrected chi connectivity index (χ3v) is 6.16. The highest BCUT2D eigenvalue weighted by atomic mass is 32.1. The Morgan fingerprint density at radius 2 is 1.95 bits per heavy atom. The van der Waals surface area contributed by atoms with Crippen LogP contribution in [0.2, 0.25) is 0 Å². The van der Waals surface area contributed by atoms with E-state index in [4.69, 9.17) is 0 Å². The Hall–Kier alpha value is -1.36. The maximum absolute atomic E-state index is 12.7. The van der Waals surface area contributed by atoms with Crippen molar-refractivity contribution < 1.29 is 9.59 Å². The lowest BCUT2D eigenvalue weighted by atomic mass is 10.0. The monoisotopic (exact) mass is 318 g/mol. The van der Waals surface area contributed by atoms with E-state index in [-0.39, 0.29) is 17.7 Å². The number of carbonyl (C=O) groups excluding carboxylic acids is 2. The van der Waals surface area contributed by atoms with Crippen LogP contribution in [0, 0.1) is 11.8 Å². The van der Waals surface area contributed by atoms with Gasteiger partial charge in [-0.1, -0.05) is 6.92 Å². The third kappa shape index (κ3) is 2.67. The van der Waals surface area contributed by atoms with Crippen LogP contribution in [0.15, 0.2) is 0 Å².